The predicted molar refractivity (Wildman–Crippen MR) is 77.0 cm³/mol. The van der Waals surface area contributed by atoms with E-state index in [0.717, 1.165) is 38.5 Å². The van der Waals surface area contributed by atoms with Crippen LogP contribution in [-0.4, -0.2) is 13.2 Å². The summed E-state index contributed by atoms with van der Waals surface area (Å²) in [6.45, 7) is 4.80. The average molecular weight is 359 g/mol. The molecule has 0 aromatic carbocycles. The molecular formula is C14H30O4PZn+. The van der Waals surface area contributed by atoms with Gasteiger partial charge in [-0.3, -0.25) is 4.57 Å². The topological polar surface area (TPSA) is 58.6 Å². The van der Waals surface area contributed by atoms with Gasteiger partial charge in [-0.05, 0) is 12.8 Å². The molecule has 0 bridgehead atoms. The number of phosphoric acid groups is 1. The number of hydrogen-bond donors (Lipinski definition) is 0. The summed E-state index contributed by atoms with van der Waals surface area (Å²) in [6, 6.07) is 0. The second kappa shape index (κ2) is 16.1. The van der Waals surface area contributed by atoms with E-state index in [4.69, 9.17) is 9.05 Å². The zero-order valence-corrected chi connectivity index (χ0v) is 17.1. The summed E-state index contributed by atoms with van der Waals surface area (Å²) in [5.41, 5.74) is 0. The minimum atomic E-state index is -4.05. The Morgan fingerprint density at radius 1 is 0.750 bits per heavy atom. The monoisotopic (exact) mass is 357 g/mol. The Balaban J connectivity index is 0. The van der Waals surface area contributed by atoms with Gasteiger partial charge < -0.3 is 13.9 Å². The Bertz CT molecular complexity index is 219. The van der Waals surface area contributed by atoms with E-state index in [1.807, 2.05) is 0 Å². The maximum atomic E-state index is 11.4. The van der Waals surface area contributed by atoms with Gasteiger partial charge >= 0.3 is 19.5 Å². The molecule has 0 amide bonds. The molecule has 0 N–H and O–H groups in total. The summed E-state index contributed by atoms with van der Waals surface area (Å²) in [7, 11) is -4.05. The van der Waals surface area contributed by atoms with Crippen LogP contribution in [0.25, 0.3) is 0 Å². The van der Waals surface area contributed by atoms with Gasteiger partial charge in [0.05, 0.1) is 13.2 Å². The molecule has 20 heavy (non-hydrogen) atoms. The van der Waals surface area contributed by atoms with Gasteiger partial charge in [-0.1, -0.05) is 65.2 Å². The van der Waals surface area contributed by atoms with Gasteiger partial charge in [0.1, 0.15) is 0 Å². The normalized spacial score (nSPS) is 11.3. The van der Waals surface area contributed by atoms with Gasteiger partial charge in [-0.25, -0.2) is 0 Å². The number of hydrogen-bond acceptors (Lipinski definition) is 4. The molecular weight excluding hydrogens is 329 g/mol. The molecule has 0 aliphatic rings. The van der Waals surface area contributed by atoms with Gasteiger partial charge in [-0.2, -0.15) is 0 Å². The second-order valence-corrected chi connectivity index (χ2v) is 6.35. The zero-order valence-electron chi connectivity index (χ0n) is 13.3. The maximum Gasteiger partial charge on any atom is 2.00 e. The molecule has 0 aromatic heterocycles. The smallest absolute Gasteiger partial charge is 0.756 e. The Kier molecular flexibility index (Phi) is 18.5. The van der Waals surface area contributed by atoms with E-state index >= 15 is 0 Å². The molecule has 0 saturated carbocycles. The minimum Gasteiger partial charge on any atom is -0.756 e. The molecule has 0 aliphatic carbocycles. The van der Waals surface area contributed by atoms with Crippen LogP contribution in [0.4, 0.5) is 0 Å². The summed E-state index contributed by atoms with van der Waals surface area (Å²) in [5.74, 6) is 0. The molecule has 0 heterocycles. The molecule has 0 aromatic rings. The van der Waals surface area contributed by atoms with Crippen LogP contribution in [0.2, 0.25) is 0 Å². The van der Waals surface area contributed by atoms with Gasteiger partial charge in [0, 0.05) is 0 Å². The predicted octanol–water partition coefficient (Wildman–Crippen LogP) is 4.43. The van der Waals surface area contributed by atoms with E-state index in [-0.39, 0.29) is 32.7 Å². The molecule has 0 unspecified atom stereocenters. The number of unbranched alkanes of at least 4 members (excludes halogenated alkanes) is 8. The maximum absolute atomic E-state index is 11.4. The largest absolute Gasteiger partial charge is 2.00 e. The molecule has 0 atom stereocenters. The third-order valence-electron chi connectivity index (χ3n) is 2.99. The van der Waals surface area contributed by atoms with E-state index in [1.54, 1.807) is 0 Å². The molecule has 0 aliphatic heterocycles. The Hall–Kier alpha value is 0.733. The summed E-state index contributed by atoms with van der Waals surface area (Å²) >= 11 is 0. The Labute approximate surface area is 137 Å². The van der Waals surface area contributed by atoms with Crippen molar-refractivity contribution in [2.24, 2.45) is 0 Å². The average Bonchev–Trinajstić information content (AvgIpc) is 2.38. The van der Waals surface area contributed by atoms with Crippen molar-refractivity contribution in [2.45, 2.75) is 78.1 Å². The van der Waals surface area contributed by atoms with Crippen LogP contribution in [0.3, 0.4) is 0 Å². The van der Waals surface area contributed by atoms with Crippen LogP contribution in [0.1, 0.15) is 78.1 Å². The molecule has 0 radical (unpaired) electrons. The first-order valence-corrected chi connectivity index (χ1v) is 9.18. The quantitative estimate of drug-likeness (QED) is 0.262. The standard InChI is InChI=1S/C14H31O4P.Zn/c1-3-5-7-9-11-13-17-19(15,16)18-14-12-10-8-6-4-2;/h3-14H2,1-2H3,(H,15,16);/q;+2/p-1. The van der Waals surface area contributed by atoms with Crippen LogP contribution in [0.5, 0.6) is 0 Å². The van der Waals surface area contributed by atoms with Crippen LogP contribution in [0.15, 0.2) is 0 Å². The van der Waals surface area contributed by atoms with E-state index in [1.165, 1.54) is 25.7 Å². The molecule has 6 heteroatoms. The summed E-state index contributed by atoms with van der Waals surface area (Å²) < 4.78 is 21.0. The van der Waals surface area contributed by atoms with Gasteiger partial charge in [-0.15, -0.1) is 0 Å². The molecule has 4 nitrogen and oxygen atoms in total. The van der Waals surface area contributed by atoms with Gasteiger partial charge in [0.15, 0.2) is 0 Å². The van der Waals surface area contributed by atoms with Crippen molar-refractivity contribution >= 4 is 7.82 Å². The van der Waals surface area contributed by atoms with E-state index in [9.17, 15) is 9.46 Å². The summed E-state index contributed by atoms with van der Waals surface area (Å²) in [4.78, 5) is 11.4. The molecule has 0 spiro atoms. The summed E-state index contributed by atoms with van der Waals surface area (Å²) in [6.07, 6.45) is 10.6. The molecule has 0 saturated heterocycles. The van der Waals surface area contributed by atoms with Gasteiger partial charge in [0.2, 0.25) is 0 Å². The number of phosphoric ester groups is 1. The van der Waals surface area contributed by atoms with Crippen LogP contribution < -0.4 is 4.89 Å². The molecule has 0 rings (SSSR count). The molecule has 0 fully saturated rings. The van der Waals surface area contributed by atoms with Crippen molar-refractivity contribution in [3.8, 4) is 0 Å². The van der Waals surface area contributed by atoms with Crippen molar-refractivity contribution < 1.29 is 38.0 Å². The van der Waals surface area contributed by atoms with Crippen molar-refractivity contribution in [2.75, 3.05) is 13.2 Å². The minimum absolute atomic E-state index is 0. The van der Waals surface area contributed by atoms with E-state index < -0.39 is 7.82 Å². The van der Waals surface area contributed by atoms with Crippen molar-refractivity contribution in [3.05, 3.63) is 0 Å². The second-order valence-electron chi connectivity index (χ2n) is 4.94. The fraction of sp³-hybridized carbons (Fsp3) is 1.00. The third-order valence-corrected chi connectivity index (χ3v) is 3.99. The van der Waals surface area contributed by atoms with Crippen molar-refractivity contribution in [3.63, 3.8) is 0 Å². The Morgan fingerprint density at radius 3 is 1.45 bits per heavy atom. The zero-order chi connectivity index (χ0) is 14.4. The van der Waals surface area contributed by atoms with Crippen molar-refractivity contribution in [1.82, 2.24) is 0 Å². The Morgan fingerprint density at radius 2 is 1.10 bits per heavy atom. The third kappa shape index (κ3) is 16.8. The van der Waals surface area contributed by atoms with Crippen LogP contribution in [0, 0.1) is 0 Å². The fourth-order valence-corrected chi connectivity index (χ4v) is 2.58. The van der Waals surface area contributed by atoms with Crippen LogP contribution >= 0.6 is 7.82 Å². The number of rotatable bonds is 14. The first-order valence-electron chi connectivity index (χ1n) is 7.72. The SMILES string of the molecule is CCCCCCCOP(=O)([O-])OCCCCCCC.[Zn+2]. The van der Waals surface area contributed by atoms with Crippen LogP contribution in [-0.2, 0) is 33.1 Å². The fourth-order valence-electron chi connectivity index (χ4n) is 1.80. The first kappa shape index (κ1) is 23.0. The molecule has 116 valence electrons. The summed E-state index contributed by atoms with van der Waals surface area (Å²) in [5, 5.41) is 0. The van der Waals surface area contributed by atoms with E-state index in [0.29, 0.717) is 0 Å². The van der Waals surface area contributed by atoms with E-state index in [2.05, 4.69) is 13.8 Å². The van der Waals surface area contributed by atoms with Crippen molar-refractivity contribution in [1.29, 1.82) is 0 Å². The first-order chi connectivity index (χ1) is 9.12. The van der Waals surface area contributed by atoms with Gasteiger partial charge in [0.25, 0.3) is 7.82 Å².